The van der Waals surface area contributed by atoms with E-state index >= 15 is 0 Å². The van der Waals surface area contributed by atoms with Crippen molar-refractivity contribution in [1.82, 2.24) is 4.98 Å². The summed E-state index contributed by atoms with van der Waals surface area (Å²) in [6.07, 6.45) is -2.71. The van der Waals surface area contributed by atoms with Gasteiger partial charge in [-0.05, 0) is 30.7 Å². The van der Waals surface area contributed by atoms with E-state index in [2.05, 4.69) is 11.9 Å². The lowest BCUT2D eigenvalue weighted by molar-refractivity contribution is -0.141. The minimum absolute atomic E-state index is 0.150. The maximum absolute atomic E-state index is 12.8. The van der Waals surface area contributed by atoms with Crippen molar-refractivity contribution in [2.75, 3.05) is 11.4 Å². The topological polar surface area (TPSA) is 33.2 Å². The Morgan fingerprint density at radius 3 is 2.67 bits per heavy atom. The van der Waals surface area contributed by atoms with Crippen LogP contribution in [0.15, 0.2) is 47.5 Å². The molecule has 1 aliphatic heterocycles. The molecule has 1 aliphatic rings. The molecule has 0 fully saturated rings. The number of carbonyl (C=O) groups is 1. The molecule has 3 nitrogen and oxygen atoms in total. The Morgan fingerprint density at radius 2 is 2.00 bits per heavy atom. The van der Waals surface area contributed by atoms with Gasteiger partial charge in [0.2, 0.25) is 0 Å². The van der Waals surface area contributed by atoms with Crippen LogP contribution in [0.2, 0.25) is 0 Å². The van der Waals surface area contributed by atoms with Gasteiger partial charge in [-0.3, -0.25) is 9.78 Å². The zero-order valence-corrected chi connectivity index (χ0v) is 13.7. The number of para-hydroxylation sites is 1. The summed E-state index contributed by atoms with van der Waals surface area (Å²) in [5.74, 6) is -0.335. The molecule has 0 spiro atoms. The lowest BCUT2D eigenvalue weighted by Crippen LogP contribution is -2.32. The Hall–Kier alpha value is -2.02. The van der Waals surface area contributed by atoms with Gasteiger partial charge >= 0.3 is 6.18 Å². The molecule has 1 atom stereocenters. The zero-order chi connectivity index (χ0) is 17.3. The summed E-state index contributed by atoms with van der Waals surface area (Å²) in [5, 5.41) is 0.356. The molecule has 7 heteroatoms. The number of amides is 1. The fourth-order valence-corrected chi connectivity index (χ4v) is 3.65. The van der Waals surface area contributed by atoms with E-state index in [1.54, 1.807) is 16.7 Å². The molecular weight excluding hydrogens is 337 g/mol. The van der Waals surface area contributed by atoms with E-state index in [0.717, 1.165) is 29.3 Å². The molecule has 1 aromatic heterocycles. The largest absolute Gasteiger partial charge is 0.433 e. The number of aromatic nitrogens is 1. The van der Waals surface area contributed by atoms with Gasteiger partial charge in [-0.1, -0.05) is 19.1 Å². The van der Waals surface area contributed by atoms with E-state index in [0.29, 0.717) is 11.8 Å². The summed E-state index contributed by atoms with van der Waals surface area (Å²) >= 11 is 1.70. The monoisotopic (exact) mass is 352 g/mol. The third-order valence-electron chi connectivity index (χ3n) is 3.79. The van der Waals surface area contributed by atoms with Gasteiger partial charge in [0.1, 0.15) is 5.69 Å². The SMILES string of the molecule is CC1CCN(C(=O)c2ccc(C(F)(F)F)nc2)c2ccccc2S1. The van der Waals surface area contributed by atoms with Crippen LogP contribution in [0, 0.1) is 0 Å². The highest BCUT2D eigenvalue weighted by molar-refractivity contribution is 8.00. The van der Waals surface area contributed by atoms with Gasteiger partial charge in [-0.25, -0.2) is 0 Å². The van der Waals surface area contributed by atoms with Crippen molar-refractivity contribution in [2.24, 2.45) is 0 Å². The van der Waals surface area contributed by atoms with Crippen molar-refractivity contribution in [3.8, 4) is 0 Å². The van der Waals surface area contributed by atoms with Crippen molar-refractivity contribution >= 4 is 23.4 Å². The van der Waals surface area contributed by atoms with Gasteiger partial charge in [0.05, 0.1) is 11.3 Å². The summed E-state index contributed by atoms with van der Waals surface area (Å²) in [7, 11) is 0. The molecule has 0 saturated carbocycles. The zero-order valence-electron chi connectivity index (χ0n) is 12.9. The minimum Gasteiger partial charge on any atom is -0.307 e. The maximum atomic E-state index is 12.8. The van der Waals surface area contributed by atoms with Crippen LogP contribution in [-0.2, 0) is 6.18 Å². The number of halogens is 3. The van der Waals surface area contributed by atoms with Gasteiger partial charge in [-0.15, -0.1) is 11.8 Å². The van der Waals surface area contributed by atoms with Crippen molar-refractivity contribution in [2.45, 2.75) is 29.7 Å². The summed E-state index contributed by atoms with van der Waals surface area (Å²) in [5.41, 5.74) is -0.0615. The van der Waals surface area contributed by atoms with Crippen molar-refractivity contribution < 1.29 is 18.0 Å². The summed E-state index contributed by atoms with van der Waals surface area (Å²) in [4.78, 5) is 18.8. The van der Waals surface area contributed by atoms with E-state index < -0.39 is 11.9 Å². The first-order valence-electron chi connectivity index (χ1n) is 7.47. The Kier molecular flexibility index (Phi) is 4.54. The van der Waals surface area contributed by atoms with Crippen LogP contribution >= 0.6 is 11.8 Å². The number of anilines is 1. The van der Waals surface area contributed by atoms with Gasteiger partial charge < -0.3 is 4.90 Å². The Bertz CT molecular complexity index is 746. The highest BCUT2D eigenvalue weighted by Crippen LogP contribution is 2.38. The normalized spacial score (nSPS) is 18.0. The van der Waals surface area contributed by atoms with E-state index in [-0.39, 0.29) is 11.5 Å². The van der Waals surface area contributed by atoms with Crippen molar-refractivity contribution in [1.29, 1.82) is 0 Å². The highest BCUT2D eigenvalue weighted by atomic mass is 32.2. The van der Waals surface area contributed by atoms with Gasteiger partial charge in [0.25, 0.3) is 5.91 Å². The van der Waals surface area contributed by atoms with E-state index in [1.165, 1.54) is 6.07 Å². The second-order valence-electron chi connectivity index (χ2n) is 5.57. The molecule has 2 aromatic rings. The summed E-state index contributed by atoms with van der Waals surface area (Å²) < 4.78 is 37.8. The first kappa shape index (κ1) is 16.8. The molecule has 126 valence electrons. The molecule has 0 bridgehead atoms. The number of thioether (sulfide) groups is 1. The molecule has 0 saturated heterocycles. The third kappa shape index (κ3) is 3.40. The second kappa shape index (κ2) is 6.47. The molecule has 24 heavy (non-hydrogen) atoms. The first-order chi connectivity index (χ1) is 11.4. The molecule has 1 amide bonds. The molecule has 3 rings (SSSR count). The fourth-order valence-electron chi connectivity index (χ4n) is 2.54. The van der Waals surface area contributed by atoms with E-state index in [4.69, 9.17) is 0 Å². The number of alkyl halides is 3. The molecule has 2 heterocycles. The van der Waals surface area contributed by atoms with Crippen LogP contribution in [0.1, 0.15) is 29.4 Å². The molecular formula is C17H15F3N2OS. The molecule has 0 aliphatic carbocycles. The number of fused-ring (bicyclic) bond motifs is 1. The standard InChI is InChI=1S/C17H15F3N2OS/c1-11-8-9-22(13-4-2-3-5-14(13)24-11)16(23)12-6-7-15(21-10-12)17(18,19)20/h2-7,10-11H,8-9H2,1H3. The maximum Gasteiger partial charge on any atom is 0.433 e. The smallest absolute Gasteiger partial charge is 0.307 e. The molecule has 1 unspecified atom stereocenters. The number of rotatable bonds is 1. The van der Waals surface area contributed by atoms with Crippen LogP contribution in [0.5, 0.6) is 0 Å². The van der Waals surface area contributed by atoms with Crippen LogP contribution in [0.3, 0.4) is 0 Å². The van der Waals surface area contributed by atoms with Crippen LogP contribution in [0.4, 0.5) is 18.9 Å². The van der Waals surface area contributed by atoms with Crippen molar-refractivity contribution in [3.05, 3.63) is 53.9 Å². The van der Waals surface area contributed by atoms with E-state index in [9.17, 15) is 18.0 Å². The van der Waals surface area contributed by atoms with Crippen LogP contribution in [0.25, 0.3) is 0 Å². The Balaban J connectivity index is 1.92. The first-order valence-corrected chi connectivity index (χ1v) is 8.35. The van der Waals surface area contributed by atoms with Crippen LogP contribution in [-0.4, -0.2) is 22.7 Å². The average Bonchev–Trinajstić information content (AvgIpc) is 2.72. The average molecular weight is 352 g/mol. The number of benzene rings is 1. The van der Waals surface area contributed by atoms with E-state index in [1.807, 2.05) is 24.3 Å². The number of nitrogens with zero attached hydrogens (tertiary/aromatic N) is 2. The van der Waals surface area contributed by atoms with Crippen molar-refractivity contribution in [3.63, 3.8) is 0 Å². The number of carbonyl (C=O) groups excluding carboxylic acids is 1. The quantitative estimate of drug-likeness (QED) is 0.750. The molecule has 0 N–H and O–H groups in total. The summed E-state index contributed by atoms with van der Waals surface area (Å²) in [6, 6.07) is 9.59. The van der Waals surface area contributed by atoms with Gasteiger partial charge in [0, 0.05) is 22.9 Å². The third-order valence-corrected chi connectivity index (χ3v) is 5.03. The highest BCUT2D eigenvalue weighted by Gasteiger charge is 2.33. The fraction of sp³-hybridized carbons (Fsp3) is 0.294. The second-order valence-corrected chi connectivity index (χ2v) is 7.05. The number of hydrogen-bond acceptors (Lipinski definition) is 3. The lowest BCUT2D eigenvalue weighted by Gasteiger charge is -2.22. The molecule has 1 aromatic carbocycles. The Labute approximate surface area is 141 Å². The Morgan fingerprint density at radius 1 is 1.25 bits per heavy atom. The summed E-state index contributed by atoms with van der Waals surface area (Å²) in [6.45, 7) is 2.61. The predicted octanol–water partition coefficient (Wildman–Crippen LogP) is 4.63. The van der Waals surface area contributed by atoms with Crippen LogP contribution < -0.4 is 4.90 Å². The van der Waals surface area contributed by atoms with Gasteiger partial charge in [0.15, 0.2) is 0 Å². The number of pyridine rings is 1. The molecule has 0 radical (unpaired) electrons. The predicted molar refractivity (Wildman–Crippen MR) is 87.3 cm³/mol. The van der Waals surface area contributed by atoms with Gasteiger partial charge in [-0.2, -0.15) is 13.2 Å². The minimum atomic E-state index is -4.51. The number of hydrogen-bond donors (Lipinski definition) is 0. The lowest BCUT2D eigenvalue weighted by atomic mass is 10.2.